The van der Waals surface area contributed by atoms with Gasteiger partial charge in [0.05, 0.1) is 5.60 Å². The van der Waals surface area contributed by atoms with Crippen LogP contribution in [0, 0.1) is 0 Å². The third-order valence-electron chi connectivity index (χ3n) is 3.42. The van der Waals surface area contributed by atoms with Crippen molar-refractivity contribution in [1.82, 2.24) is 5.32 Å². The summed E-state index contributed by atoms with van der Waals surface area (Å²) in [6, 6.07) is 7.99. The summed E-state index contributed by atoms with van der Waals surface area (Å²) in [6.45, 7) is 5.00. The molecule has 19 heavy (non-hydrogen) atoms. The Bertz CT molecular complexity index is 457. The van der Waals surface area contributed by atoms with Crippen molar-refractivity contribution in [2.75, 3.05) is 19.0 Å². The summed E-state index contributed by atoms with van der Waals surface area (Å²) in [5, 5.41) is 6.13. The lowest BCUT2D eigenvalue weighted by atomic mass is 9.94. The number of amides is 1. The second-order valence-electron chi connectivity index (χ2n) is 5.60. The zero-order chi connectivity index (χ0) is 13.9. The van der Waals surface area contributed by atoms with Gasteiger partial charge in [-0.3, -0.25) is 4.79 Å². The fourth-order valence-corrected chi connectivity index (χ4v) is 2.49. The number of carbonyl (C=O) groups excluding carboxylic acids is 1. The van der Waals surface area contributed by atoms with E-state index in [1.165, 1.54) is 0 Å². The third kappa shape index (κ3) is 3.70. The molecule has 2 rings (SSSR count). The minimum Gasteiger partial charge on any atom is -0.382 e. The van der Waals surface area contributed by atoms with Crippen LogP contribution in [0.15, 0.2) is 24.3 Å². The highest BCUT2D eigenvalue weighted by atomic mass is 16.5. The highest BCUT2D eigenvalue weighted by Gasteiger charge is 2.28. The van der Waals surface area contributed by atoms with Gasteiger partial charge in [-0.15, -0.1) is 0 Å². The van der Waals surface area contributed by atoms with Gasteiger partial charge in [0.1, 0.15) is 0 Å². The first-order valence-corrected chi connectivity index (χ1v) is 6.73. The molecule has 1 aliphatic rings. The Labute approximate surface area is 114 Å². The van der Waals surface area contributed by atoms with Crippen LogP contribution in [-0.4, -0.2) is 31.2 Å². The van der Waals surface area contributed by atoms with E-state index in [2.05, 4.69) is 24.5 Å². The second kappa shape index (κ2) is 5.61. The first kappa shape index (κ1) is 13.9. The molecule has 0 aliphatic carbocycles. The summed E-state index contributed by atoms with van der Waals surface area (Å²) in [6.07, 6.45) is 1.96. The molecule has 1 aromatic rings. The summed E-state index contributed by atoms with van der Waals surface area (Å²) >= 11 is 0. The van der Waals surface area contributed by atoms with Crippen molar-refractivity contribution in [3.63, 3.8) is 0 Å². The maximum absolute atomic E-state index is 11.6. The molecule has 104 valence electrons. The van der Waals surface area contributed by atoms with Crippen LogP contribution in [0.5, 0.6) is 0 Å². The molecular formula is C15H22N2O2. The van der Waals surface area contributed by atoms with Crippen molar-refractivity contribution in [3.8, 4) is 0 Å². The summed E-state index contributed by atoms with van der Waals surface area (Å²) in [7, 11) is 1.64. The molecule has 1 atom stereocenters. The van der Waals surface area contributed by atoms with Gasteiger partial charge >= 0.3 is 0 Å². The van der Waals surface area contributed by atoms with Gasteiger partial charge in [0, 0.05) is 30.9 Å². The van der Waals surface area contributed by atoms with E-state index >= 15 is 0 Å². The molecule has 1 aliphatic heterocycles. The number of nitrogens with one attached hydrogen (secondary N) is 2. The molecule has 0 spiro atoms. The normalized spacial score (nSPS) is 21.7. The number of benzene rings is 1. The van der Waals surface area contributed by atoms with Gasteiger partial charge in [0.25, 0.3) is 5.91 Å². The summed E-state index contributed by atoms with van der Waals surface area (Å²) < 4.78 is 5.71. The standard InChI is InChI=1S/C15H22N2O2/c1-15(2)10-13(7-8-19-15)17-12-6-4-5-11(9-12)14(18)16-3/h4-6,9,13,17H,7-8,10H2,1-3H3,(H,16,18). The topological polar surface area (TPSA) is 50.4 Å². The highest BCUT2D eigenvalue weighted by Crippen LogP contribution is 2.26. The predicted molar refractivity (Wildman–Crippen MR) is 76.5 cm³/mol. The van der Waals surface area contributed by atoms with Crippen molar-refractivity contribution < 1.29 is 9.53 Å². The molecule has 1 saturated heterocycles. The van der Waals surface area contributed by atoms with Crippen LogP contribution < -0.4 is 10.6 Å². The zero-order valence-corrected chi connectivity index (χ0v) is 11.8. The van der Waals surface area contributed by atoms with E-state index in [-0.39, 0.29) is 11.5 Å². The smallest absolute Gasteiger partial charge is 0.251 e. The number of hydrogen-bond donors (Lipinski definition) is 2. The van der Waals surface area contributed by atoms with E-state index in [1.54, 1.807) is 7.05 Å². The third-order valence-corrected chi connectivity index (χ3v) is 3.42. The highest BCUT2D eigenvalue weighted by molar-refractivity contribution is 5.94. The molecule has 0 aromatic heterocycles. The molecular weight excluding hydrogens is 240 g/mol. The average molecular weight is 262 g/mol. The molecule has 1 amide bonds. The van der Waals surface area contributed by atoms with Crippen LogP contribution in [-0.2, 0) is 4.74 Å². The van der Waals surface area contributed by atoms with E-state index in [0.29, 0.717) is 11.6 Å². The van der Waals surface area contributed by atoms with Crippen LogP contribution in [0.1, 0.15) is 37.0 Å². The molecule has 1 aromatic carbocycles. The van der Waals surface area contributed by atoms with Crippen molar-refractivity contribution in [3.05, 3.63) is 29.8 Å². The molecule has 2 N–H and O–H groups in total. The van der Waals surface area contributed by atoms with E-state index in [4.69, 9.17) is 4.74 Å². The average Bonchev–Trinajstić information content (AvgIpc) is 2.37. The largest absolute Gasteiger partial charge is 0.382 e. The molecule has 1 unspecified atom stereocenters. The van der Waals surface area contributed by atoms with Crippen LogP contribution in [0.25, 0.3) is 0 Å². The van der Waals surface area contributed by atoms with E-state index < -0.39 is 0 Å². The Kier molecular flexibility index (Phi) is 4.10. The van der Waals surface area contributed by atoms with Crippen LogP contribution >= 0.6 is 0 Å². The molecule has 0 saturated carbocycles. The fourth-order valence-electron chi connectivity index (χ4n) is 2.49. The van der Waals surface area contributed by atoms with Gasteiger partial charge in [-0.25, -0.2) is 0 Å². The van der Waals surface area contributed by atoms with Crippen LogP contribution in [0.3, 0.4) is 0 Å². The first-order chi connectivity index (χ1) is 9.00. The van der Waals surface area contributed by atoms with Crippen molar-refractivity contribution in [1.29, 1.82) is 0 Å². The van der Waals surface area contributed by atoms with Crippen molar-refractivity contribution >= 4 is 11.6 Å². The predicted octanol–water partition coefficient (Wildman–Crippen LogP) is 2.42. The number of carbonyl (C=O) groups is 1. The SMILES string of the molecule is CNC(=O)c1cccc(NC2CCOC(C)(C)C2)c1. The van der Waals surface area contributed by atoms with Gasteiger partial charge < -0.3 is 15.4 Å². The lowest BCUT2D eigenvalue weighted by Crippen LogP contribution is -2.40. The Balaban J connectivity index is 2.05. The second-order valence-corrected chi connectivity index (χ2v) is 5.60. The maximum Gasteiger partial charge on any atom is 0.251 e. The molecule has 0 radical (unpaired) electrons. The summed E-state index contributed by atoms with van der Waals surface area (Å²) in [5.41, 5.74) is 1.59. The number of rotatable bonds is 3. The van der Waals surface area contributed by atoms with Gasteiger partial charge in [-0.2, -0.15) is 0 Å². The minimum absolute atomic E-state index is 0.0593. The zero-order valence-electron chi connectivity index (χ0n) is 11.8. The van der Waals surface area contributed by atoms with E-state index in [1.807, 2.05) is 24.3 Å². The molecule has 1 fully saturated rings. The lowest BCUT2D eigenvalue weighted by Gasteiger charge is -2.36. The molecule has 1 heterocycles. The summed E-state index contributed by atoms with van der Waals surface area (Å²) in [5.74, 6) is -0.0593. The Morgan fingerprint density at radius 3 is 2.89 bits per heavy atom. The van der Waals surface area contributed by atoms with Gasteiger partial charge in [0.15, 0.2) is 0 Å². The quantitative estimate of drug-likeness (QED) is 0.879. The van der Waals surface area contributed by atoms with Crippen molar-refractivity contribution in [2.45, 2.75) is 38.3 Å². The van der Waals surface area contributed by atoms with E-state index in [9.17, 15) is 4.79 Å². The van der Waals surface area contributed by atoms with Crippen LogP contribution in [0.4, 0.5) is 5.69 Å². The molecule has 4 heteroatoms. The Hall–Kier alpha value is -1.55. The van der Waals surface area contributed by atoms with E-state index in [0.717, 1.165) is 25.1 Å². The summed E-state index contributed by atoms with van der Waals surface area (Å²) in [4.78, 5) is 11.6. The lowest BCUT2D eigenvalue weighted by molar-refractivity contribution is -0.0553. The first-order valence-electron chi connectivity index (χ1n) is 6.73. The minimum atomic E-state index is -0.0751. The number of hydrogen-bond acceptors (Lipinski definition) is 3. The Morgan fingerprint density at radius 1 is 1.42 bits per heavy atom. The monoisotopic (exact) mass is 262 g/mol. The van der Waals surface area contributed by atoms with Crippen molar-refractivity contribution in [2.24, 2.45) is 0 Å². The molecule has 4 nitrogen and oxygen atoms in total. The van der Waals surface area contributed by atoms with Gasteiger partial charge in [-0.1, -0.05) is 6.07 Å². The van der Waals surface area contributed by atoms with Gasteiger partial charge in [-0.05, 0) is 44.9 Å². The Morgan fingerprint density at radius 2 is 2.21 bits per heavy atom. The maximum atomic E-state index is 11.6. The number of ether oxygens (including phenoxy) is 1. The molecule has 0 bridgehead atoms. The fraction of sp³-hybridized carbons (Fsp3) is 0.533. The van der Waals surface area contributed by atoms with Gasteiger partial charge in [0.2, 0.25) is 0 Å². The van der Waals surface area contributed by atoms with Crippen LogP contribution in [0.2, 0.25) is 0 Å². The number of anilines is 1.